The number of nitrogens with zero attached hydrogens (tertiary/aromatic N) is 1. The third-order valence-electron chi connectivity index (χ3n) is 3.25. The van der Waals surface area contributed by atoms with E-state index in [0.29, 0.717) is 12.6 Å². The molecule has 15 heavy (non-hydrogen) atoms. The van der Waals surface area contributed by atoms with Crippen LogP contribution in [0.15, 0.2) is 0 Å². The monoisotopic (exact) mass is 212 g/mol. The van der Waals surface area contributed by atoms with E-state index in [1.54, 1.807) is 0 Å². The first-order valence-electron chi connectivity index (χ1n) is 5.94. The van der Waals surface area contributed by atoms with Crippen LogP contribution in [0.3, 0.4) is 0 Å². The molecule has 0 spiro atoms. The number of nitrogens with one attached hydrogen (secondary N) is 1. The van der Waals surface area contributed by atoms with E-state index in [0.717, 1.165) is 32.2 Å². The van der Waals surface area contributed by atoms with Crippen LogP contribution in [0.4, 0.5) is 0 Å². The van der Waals surface area contributed by atoms with Crippen LogP contribution in [0.25, 0.3) is 0 Å². The molecule has 0 aromatic heterocycles. The number of likely N-dealkylation sites (tertiary alicyclic amines) is 1. The SMILES string of the molecule is O=C(CN1CCCCC1CO)NC1CC1. The molecule has 1 unspecified atom stereocenters. The fourth-order valence-corrected chi connectivity index (χ4v) is 2.16. The van der Waals surface area contributed by atoms with E-state index in [1.807, 2.05) is 0 Å². The summed E-state index contributed by atoms with van der Waals surface area (Å²) in [6.07, 6.45) is 5.61. The molecule has 0 bridgehead atoms. The maximum absolute atomic E-state index is 11.6. The maximum Gasteiger partial charge on any atom is 0.234 e. The molecule has 4 nitrogen and oxygen atoms in total. The van der Waals surface area contributed by atoms with E-state index < -0.39 is 0 Å². The van der Waals surface area contributed by atoms with Gasteiger partial charge in [-0.15, -0.1) is 0 Å². The smallest absolute Gasteiger partial charge is 0.234 e. The van der Waals surface area contributed by atoms with Crippen LogP contribution in [-0.2, 0) is 4.79 Å². The van der Waals surface area contributed by atoms with Crippen molar-refractivity contribution in [1.29, 1.82) is 0 Å². The Hall–Kier alpha value is -0.610. The molecule has 0 aromatic carbocycles. The number of piperidine rings is 1. The van der Waals surface area contributed by atoms with Crippen molar-refractivity contribution in [2.45, 2.75) is 44.2 Å². The molecular formula is C11H20N2O2. The lowest BCUT2D eigenvalue weighted by molar-refractivity contribution is -0.123. The number of amides is 1. The van der Waals surface area contributed by atoms with Crippen LogP contribution < -0.4 is 5.32 Å². The third kappa shape index (κ3) is 3.18. The lowest BCUT2D eigenvalue weighted by Crippen LogP contribution is -2.47. The second kappa shape index (κ2) is 4.94. The van der Waals surface area contributed by atoms with Gasteiger partial charge in [0.05, 0.1) is 13.2 Å². The minimum Gasteiger partial charge on any atom is -0.395 e. The summed E-state index contributed by atoms with van der Waals surface area (Å²) in [5.74, 6) is 0.123. The highest BCUT2D eigenvalue weighted by Gasteiger charge is 2.27. The van der Waals surface area contributed by atoms with Gasteiger partial charge < -0.3 is 10.4 Å². The molecule has 2 N–H and O–H groups in total. The minimum absolute atomic E-state index is 0.123. The average molecular weight is 212 g/mol. The van der Waals surface area contributed by atoms with Gasteiger partial charge in [0.15, 0.2) is 0 Å². The second-order valence-corrected chi connectivity index (χ2v) is 4.64. The van der Waals surface area contributed by atoms with Crippen molar-refractivity contribution in [2.24, 2.45) is 0 Å². The van der Waals surface area contributed by atoms with Gasteiger partial charge in [0, 0.05) is 12.1 Å². The molecule has 86 valence electrons. The molecule has 0 aromatic rings. The number of aliphatic hydroxyl groups is 1. The van der Waals surface area contributed by atoms with Crippen molar-refractivity contribution in [3.8, 4) is 0 Å². The molecule has 0 radical (unpaired) electrons. The Morgan fingerprint density at radius 1 is 1.33 bits per heavy atom. The van der Waals surface area contributed by atoms with Gasteiger partial charge in [-0.1, -0.05) is 6.42 Å². The maximum atomic E-state index is 11.6. The zero-order chi connectivity index (χ0) is 10.7. The molecule has 1 heterocycles. The highest BCUT2D eigenvalue weighted by Crippen LogP contribution is 2.19. The number of hydrogen-bond acceptors (Lipinski definition) is 3. The molecule has 1 atom stereocenters. The highest BCUT2D eigenvalue weighted by atomic mass is 16.3. The molecule has 1 saturated heterocycles. The zero-order valence-corrected chi connectivity index (χ0v) is 9.11. The summed E-state index contributed by atoms with van der Waals surface area (Å²) in [6, 6.07) is 0.638. The molecule has 2 fully saturated rings. The Morgan fingerprint density at radius 3 is 2.80 bits per heavy atom. The Kier molecular flexibility index (Phi) is 3.59. The van der Waals surface area contributed by atoms with Gasteiger partial charge in [0.1, 0.15) is 0 Å². The fourth-order valence-electron chi connectivity index (χ4n) is 2.16. The predicted molar refractivity (Wildman–Crippen MR) is 57.5 cm³/mol. The van der Waals surface area contributed by atoms with Crippen molar-refractivity contribution in [3.05, 3.63) is 0 Å². The van der Waals surface area contributed by atoms with Gasteiger partial charge in [-0.05, 0) is 32.2 Å². The first-order chi connectivity index (χ1) is 7.29. The topological polar surface area (TPSA) is 52.6 Å². The summed E-state index contributed by atoms with van der Waals surface area (Å²) in [5, 5.41) is 12.2. The number of carbonyl (C=O) groups excluding carboxylic acids is 1. The van der Waals surface area contributed by atoms with Crippen LogP contribution in [0.1, 0.15) is 32.1 Å². The molecular weight excluding hydrogens is 192 g/mol. The summed E-state index contributed by atoms with van der Waals surface area (Å²) in [5.41, 5.74) is 0. The van der Waals surface area contributed by atoms with Crippen molar-refractivity contribution in [3.63, 3.8) is 0 Å². The molecule has 1 amide bonds. The summed E-state index contributed by atoms with van der Waals surface area (Å²) < 4.78 is 0. The summed E-state index contributed by atoms with van der Waals surface area (Å²) in [4.78, 5) is 13.7. The number of hydrogen-bond donors (Lipinski definition) is 2. The van der Waals surface area contributed by atoms with E-state index >= 15 is 0 Å². The third-order valence-corrected chi connectivity index (χ3v) is 3.25. The van der Waals surface area contributed by atoms with Crippen LogP contribution in [0, 0.1) is 0 Å². The largest absolute Gasteiger partial charge is 0.395 e. The zero-order valence-electron chi connectivity index (χ0n) is 9.11. The molecule has 1 saturated carbocycles. The van der Waals surface area contributed by atoms with Crippen molar-refractivity contribution >= 4 is 5.91 Å². The fraction of sp³-hybridized carbons (Fsp3) is 0.909. The van der Waals surface area contributed by atoms with Gasteiger partial charge in [0.2, 0.25) is 5.91 Å². The van der Waals surface area contributed by atoms with Crippen LogP contribution >= 0.6 is 0 Å². The Morgan fingerprint density at radius 2 is 2.13 bits per heavy atom. The summed E-state index contributed by atoms with van der Waals surface area (Å²) >= 11 is 0. The van der Waals surface area contributed by atoms with Gasteiger partial charge in [-0.2, -0.15) is 0 Å². The van der Waals surface area contributed by atoms with E-state index in [1.165, 1.54) is 6.42 Å². The normalized spacial score (nSPS) is 27.7. The molecule has 2 rings (SSSR count). The number of rotatable bonds is 4. The standard InChI is InChI=1S/C11H20N2O2/c14-8-10-3-1-2-6-13(10)7-11(15)12-9-4-5-9/h9-10,14H,1-8H2,(H,12,15). The van der Waals surface area contributed by atoms with Crippen LogP contribution in [0.5, 0.6) is 0 Å². The summed E-state index contributed by atoms with van der Waals surface area (Å²) in [7, 11) is 0. The first-order valence-corrected chi connectivity index (χ1v) is 5.94. The van der Waals surface area contributed by atoms with Gasteiger partial charge in [0.25, 0.3) is 0 Å². The first kappa shape index (κ1) is 10.9. The quantitative estimate of drug-likeness (QED) is 0.695. The summed E-state index contributed by atoms with van der Waals surface area (Å²) in [6.45, 7) is 1.59. The van der Waals surface area contributed by atoms with Crippen molar-refractivity contribution in [1.82, 2.24) is 10.2 Å². The van der Waals surface area contributed by atoms with Crippen LogP contribution in [0.2, 0.25) is 0 Å². The van der Waals surface area contributed by atoms with E-state index in [9.17, 15) is 9.90 Å². The van der Waals surface area contributed by atoms with Crippen molar-refractivity contribution < 1.29 is 9.90 Å². The molecule has 1 aliphatic carbocycles. The lowest BCUT2D eigenvalue weighted by Gasteiger charge is -2.33. The molecule has 1 aliphatic heterocycles. The Bertz CT molecular complexity index is 229. The number of carbonyl (C=O) groups is 1. The van der Waals surface area contributed by atoms with Crippen molar-refractivity contribution in [2.75, 3.05) is 19.7 Å². The Balaban J connectivity index is 1.76. The molecule has 4 heteroatoms. The van der Waals surface area contributed by atoms with Crippen LogP contribution in [-0.4, -0.2) is 47.7 Å². The van der Waals surface area contributed by atoms with Gasteiger partial charge in [-0.25, -0.2) is 0 Å². The lowest BCUT2D eigenvalue weighted by atomic mass is 10.0. The second-order valence-electron chi connectivity index (χ2n) is 4.64. The average Bonchev–Trinajstić information content (AvgIpc) is 3.02. The Labute approximate surface area is 90.6 Å². The van der Waals surface area contributed by atoms with E-state index in [-0.39, 0.29) is 18.6 Å². The number of aliphatic hydroxyl groups excluding tert-OH is 1. The van der Waals surface area contributed by atoms with E-state index in [4.69, 9.17) is 0 Å². The highest BCUT2D eigenvalue weighted by molar-refractivity contribution is 5.78. The molecule has 2 aliphatic rings. The minimum atomic E-state index is 0.123. The predicted octanol–water partition coefficient (Wildman–Crippen LogP) is 0.112. The van der Waals surface area contributed by atoms with Gasteiger partial charge in [-0.3, -0.25) is 9.69 Å². The van der Waals surface area contributed by atoms with Gasteiger partial charge >= 0.3 is 0 Å². The van der Waals surface area contributed by atoms with E-state index in [2.05, 4.69) is 10.2 Å².